The van der Waals surface area contributed by atoms with Gasteiger partial charge < -0.3 is 24.0 Å². The van der Waals surface area contributed by atoms with Crippen molar-refractivity contribution in [3.63, 3.8) is 0 Å². The van der Waals surface area contributed by atoms with Crippen LogP contribution in [0.1, 0.15) is 30.1 Å². The van der Waals surface area contributed by atoms with E-state index in [1.54, 1.807) is 52.7 Å². The Labute approximate surface area is 213 Å². The molecule has 2 saturated heterocycles. The van der Waals surface area contributed by atoms with Crippen LogP contribution < -0.4 is 19.1 Å². The second-order valence-electron chi connectivity index (χ2n) is 9.26. The summed E-state index contributed by atoms with van der Waals surface area (Å²) < 4.78 is 44.7. The first-order chi connectivity index (χ1) is 17.3. The molecule has 0 aromatic heterocycles. The maximum absolute atomic E-state index is 13.4. The average molecular weight is 518 g/mol. The molecule has 2 aliphatic rings. The fraction of sp³-hybridized carbons (Fsp3) is 0.500. The van der Waals surface area contributed by atoms with E-state index in [-0.39, 0.29) is 10.8 Å². The summed E-state index contributed by atoms with van der Waals surface area (Å²) in [6, 6.07) is 10.3. The van der Waals surface area contributed by atoms with Crippen molar-refractivity contribution >= 4 is 21.6 Å². The summed E-state index contributed by atoms with van der Waals surface area (Å²) >= 11 is 0. The molecule has 36 heavy (non-hydrogen) atoms. The number of sulfonamides is 1. The summed E-state index contributed by atoms with van der Waals surface area (Å²) in [4.78, 5) is 17.5. The van der Waals surface area contributed by atoms with Crippen LogP contribution in [0.15, 0.2) is 41.3 Å². The van der Waals surface area contributed by atoms with Gasteiger partial charge in [0.1, 0.15) is 22.8 Å². The summed E-state index contributed by atoms with van der Waals surface area (Å²) in [5.41, 5.74) is 1.11. The van der Waals surface area contributed by atoms with Crippen molar-refractivity contribution in [3.8, 4) is 17.2 Å². The lowest BCUT2D eigenvalue weighted by atomic mass is 10.0. The highest BCUT2D eigenvalue weighted by molar-refractivity contribution is 7.89. The van der Waals surface area contributed by atoms with Gasteiger partial charge in [0.05, 0.1) is 31.9 Å². The Balaban J connectivity index is 1.54. The second kappa shape index (κ2) is 11.0. The Kier molecular flexibility index (Phi) is 7.94. The lowest BCUT2D eigenvalue weighted by Crippen LogP contribution is -2.49. The molecule has 0 bridgehead atoms. The first-order valence-corrected chi connectivity index (χ1v) is 13.7. The standard InChI is InChI=1S/C26H35N3O6S/c1-19-7-6-12-29(18-19)36(31,32)20-10-11-22(33-2)21(17-20)27-13-15-28(16-14-27)26(30)25-23(34-3)8-5-9-24(25)35-4/h5,8-11,17,19H,6-7,12-16,18H2,1-4H3. The van der Waals surface area contributed by atoms with Crippen LogP contribution in [0.5, 0.6) is 17.2 Å². The van der Waals surface area contributed by atoms with Gasteiger partial charge in [-0.15, -0.1) is 0 Å². The van der Waals surface area contributed by atoms with Crippen LogP contribution in [-0.2, 0) is 10.0 Å². The topological polar surface area (TPSA) is 88.6 Å². The van der Waals surface area contributed by atoms with Gasteiger partial charge in [0, 0.05) is 39.3 Å². The van der Waals surface area contributed by atoms with Crippen LogP contribution in [0.25, 0.3) is 0 Å². The number of carbonyl (C=O) groups is 1. The molecule has 0 aliphatic carbocycles. The fourth-order valence-electron chi connectivity index (χ4n) is 4.96. The maximum Gasteiger partial charge on any atom is 0.261 e. The summed E-state index contributed by atoms with van der Waals surface area (Å²) in [7, 11) is 1.04. The molecular formula is C26H35N3O6S. The molecule has 0 radical (unpaired) electrons. The van der Waals surface area contributed by atoms with E-state index in [4.69, 9.17) is 14.2 Å². The van der Waals surface area contributed by atoms with E-state index in [2.05, 4.69) is 11.8 Å². The summed E-state index contributed by atoms with van der Waals surface area (Å²) in [5.74, 6) is 1.72. The summed E-state index contributed by atoms with van der Waals surface area (Å²) in [6.07, 6.45) is 1.92. The average Bonchev–Trinajstić information content (AvgIpc) is 2.91. The Hall–Kier alpha value is -2.98. The first kappa shape index (κ1) is 26.1. The van der Waals surface area contributed by atoms with E-state index in [1.807, 2.05) is 0 Å². The minimum atomic E-state index is -3.60. The number of methoxy groups -OCH3 is 3. The molecule has 0 spiro atoms. The predicted octanol–water partition coefficient (Wildman–Crippen LogP) is 3.10. The maximum atomic E-state index is 13.4. The van der Waals surface area contributed by atoms with Gasteiger partial charge in [-0.25, -0.2) is 8.42 Å². The third-order valence-corrected chi connectivity index (χ3v) is 8.82. The van der Waals surface area contributed by atoms with E-state index in [0.29, 0.717) is 73.7 Å². The highest BCUT2D eigenvalue weighted by Crippen LogP contribution is 2.35. The highest BCUT2D eigenvalue weighted by atomic mass is 32.2. The fourth-order valence-corrected chi connectivity index (χ4v) is 6.58. The molecular weight excluding hydrogens is 482 g/mol. The zero-order chi connectivity index (χ0) is 25.9. The van der Waals surface area contributed by atoms with Gasteiger partial charge >= 0.3 is 0 Å². The van der Waals surface area contributed by atoms with Gasteiger partial charge in [0.2, 0.25) is 10.0 Å². The molecule has 4 rings (SSSR count). The van der Waals surface area contributed by atoms with Crippen molar-refractivity contribution in [3.05, 3.63) is 42.0 Å². The van der Waals surface area contributed by atoms with Crippen molar-refractivity contribution in [2.75, 3.05) is 65.5 Å². The second-order valence-corrected chi connectivity index (χ2v) is 11.2. The Morgan fingerprint density at radius 3 is 2.11 bits per heavy atom. The molecule has 9 nitrogen and oxygen atoms in total. The van der Waals surface area contributed by atoms with E-state index in [1.165, 1.54) is 14.2 Å². The number of hydrogen-bond acceptors (Lipinski definition) is 7. The number of benzene rings is 2. The van der Waals surface area contributed by atoms with Gasteiger partial charge in [-0.3, -0.25) is 4.79 Å². The third-order valence-electron chi connectivity index (χ3n) is 6.96. The van der Waals surface area contributed by atoms with Gasteiger partial charge in [-0.05, 0) is 49.1 Å². The lowest BCUT2D eigenvalue weighted by Gasteiger charge is -2.37. The van der Waals surface area contributed by atoms with Gasteiger partial charge in [-0.1, -0.05) is 13.0 Å². The van der Waals surface area contributed by atoms with Gasteiger partial charge in [0.25, 0.3) is 5.91 Å². The van der Waals surface area contributed by atoms with Crippen LogP contribution in [0.2, 0.25) is 0 Å². The van der Waals surface area contributed by atoms with Gasteiger partial charge in [-0.2, -0.15) is 4.31 Å². The van der Waals surface area contributed by atoms with E-state index in [0.717, 1.165) is 12.8 Å². The molecule has 2 aromatic carbocycles. The number of piperidine rings is 1. The number of rotatable bonds is 7. The van der Waals surface area contributed by atoms with Crippen LogP contribution in [0, 0.1) is 5.92 Å². The highest BCUT2D eigenvalue weighted by Gasteiger charge is 2.31. The quantitative estimate of drug-likeness (QED) is 0.558. The van der Waals surface area contributed by atoms with E-state index < -0.39 is 10.0 Å². The molecule has 10 heteroatoms. The molecule has 0 saturated carbocycles. The van der Waals surface area contributed by atoms with Crippen LogP contribution >= 0.6 is 0 Å². The molecule has 0 N–H and O–H groups in total. The summed E-state index contributed by atoms with van der Waals surface area (Å²) in [5, 5.41) is 0. The molecule has 1 amide bonds. The number of piperazine rings is 1. The molecule has 196 valence electrons. The molecule has 2 aromatic rings. The molecule has 1 atom stereocenters. The van der Waals surface area contributed by atoms with Crippen molar-refractivity contribution in [1.29, 1.82) is 0 Å². The Bertz CT molecular complexity index is 1170. The Morgan fingerprint density at radius 1 is 0.889 bits per heavy atom. The zero-order valence-electron chi connectivity index (χ0n) is 21.4. The van der Waals surface area contributed by atoms with Gasteiger partial charge in [0.15, 0.2) is 0 Å². The zero-order valence-corrected chi connectivity index (χ0v) is 22.2. The third kappa shape index (κ3) is 5.10. The summed E-state index contributed by atoms with van der Waals surface area (Å²) in [6.45, 7) is 5.15. The number of carbonyl (C=O) groups excluding carboxylic acids is 1. The van der Waals surface area contributed by atoms with Crippen molar-refractivity contribution in [2.45, 2.75) is 24.7 Å². The van der Waals surface area contributed by atoms with E-state index >= 15 is 0 Å². The molecule has 2 aliphatic heterocycles. The number of amides is 1. The number of nitrogens with zero attached hydrogens (tertiary/aromatic N) is 3. The minimum Gasteiger partial charge on any atom is -0.496 e. The van der Waals surface area contributed by atoms with Crippen LogP contribution in [-0.4, -0.2) is 84.1 Å². The van der Waals surface area contributed by atoms with Crippen molar-refractivity contribution < 1.29 is 27.4 Å². The minimum absolute atomic E-state index is 0.161. The largest absolute Gasteiger partial charge is 0.496 e. The molecule has 2 fully saturated rings. The normalized spacial score (nSPS) is 19.2. The molecule has 2 heterocycles. The van der Waals surface area contributed by atoms with E-state index in [9.17, 15) is 13.2 Å². The van der Waals surface area contributed by atoms with Crippen LogP contribution in [0.4, 0.5) is 5.69 Å². The smallest absolute Gasteiger partial charge is 0.261 e. The van der Waals surface area contributed by atoms with Crippen molar-refractivity contribution in [1.82, 2.24) is 9.21 Å². The first-order valence-electron chi connectivity index (χ1n) is 12.2. The predicted molar refractivity (Wildman–Crippen MR) is 138 cm³/mol. The number of hydrogen-bond donors (Lipinski definition) is 0. The SMILES string of the molecule is COc1ccc(S(=O)(=O)N2CCCC(C)C2)cc1N1CCN(C(=O)c2c(OC)cccc2OC)CC1. The van der Waals surface area contributed by atoms with Crippen molar-refractivity contribution in [2.24, 2.45) is 5.92 Å². The number of ether oxygens (including phenoxy) is 3. The molecule has 1 unspecified atom stereocenters. The lowest BCUT2D eigenvalue weighted by molar-refractivity contribution is 0.0739. The Morgan fingerprint density at radius 2 is 1.53 bits per heavy atom. The monoisotopic (exact) mass is 517 g/mol. The van der Waals surface area contributed by atoms with Crippen LogP contribution in [0.3, 0.4) is 0 Å². The number of anilines is 1.